The lowest BCUT2D eigenvalue weighted by Crippen LogP contribution is -2.26. The summed E-state index contributed by atoms with van der Waals surface area (Å²) in [7, 11) is 0. The zero-order valence-electron chi connectivity index (χ0n) is 13.7. The zero-order chi connectivity index (χ0) is 17.2. The third-order valence-corrected chi connectivity index (χ3v) is 5.06. The average molecular weight is 359 g/mol. The number of pyridine rings is 1. The molecule has 3 heterocycles. The first-order valence-electron chi connectivity index (χ1n) is 8.51. The molecule has 1 atom stereocenters. The summed E-state index contributed by atoms with van der Waals surface area (Å²) in [6.45, 7) is 1.42. The van der Waals surface area contributed by atoms with E-state index in [4.69, 9.17) is 16.3 Å². The van der Waals surface area contributed by atoms with Gasteiger partial charge in [-0.15, -0.1) is 0 Å². The first-order chi connectivity index (χ1) is 12.2. The Morgan fingerprint density at radius 1 is 1.40 bits per heavy atom. The first kappa shape index (κ1) is 16.1. The van der Waals surface area contributed by atoms with Crippen molar-refractivity contribution in [3.05, 3.63) is 51.5 Å². The van der Waals surface area contributed by atoms with Crippen LogP contribution in [0.4, 0.5) is 5.69 Å². The van der Waals surface area contributed by atoms with E-state index in [-0.39, 0.29) is 16.7 Å². The number of anilines is 1. The van der Waals surface area contributed by atoms with Gasteiger partial charge in [0, 0.05) is 25.2 Å². The van der Waals surface area contributed by atoms with Gasteiger partial charge in [0.15, 0.2) is 0 Å². The van der Waals surface area contributed by atoms with Crippen LogP contribution >= 0.6 is 11.6 Å². The SMILES string of the molecule is O=c1[nH]ncc(N2CC[C@@H](Oc3cc(C4=CCCC4)ccn3)C2)c1Cl. The fourth-order valence-electron chi connectivity index (χ4n) is 3.42. The summed E-state index contributed by atoms with van der Waals surface area (Å²) in [4.78, 5) is 18.0. The average Bonchev–Trinajstić information content (AvgIpc) is 3.30. The van der Waals surface area contributed by atoms with Gasteiger partial charge in [-0.2, -0.15) is 5.10 Å². The Bertz CT molecular complexity index is 864. The van der Waals surface area contributed by atoms with Crippen molar-refractivity contribution in [2.45, 2.75) is 31.8 Å². The van der Waals surface area contributed by atoms with E-state index < -0.39 is 0 Å². The van der Waals surface area contributed by atoms with Crippen molar-refractivity contribution in [1.29, 1.82) is 0 Å². The number of nitrogens with zero attached hydrogens (tertiary/aromatic N) is 3. The van der Waals surface area contributed by atoms with Gasteiger partial charge in [0.25, 0.3) is 5.56 Å². The molecule has 2 aromatic heterocycles. The van der Waals surface area contributed by atoms with Crippen LogP contribution in [-0.4, -0.2) is 34.4 Å². The smallest absolute Gasteiger partial charge is 0.285 e. The van der Waals surface area contributed by atoms with E-state index in [1.807, 2.05) is 17.0 Å². The zero-order valence-corrected chi connectivity index (χ0v) is 14.5. The highest BCUT2D eigenvalue weighted by Gasteiger charge is 2.27. The van der Waals surface area contributed by atoms with Crippen LogP contribution in [0.5, 0.6) is 5.88 Å². The summed E-state index contributed by atoms with van der Waals surface area (Å²) in [6.07, 6.45) is 10.0. The van der Waals surface area contributed by atoms with E-state index in [1.165, 1.54) is 17.6 Å². The largest absolute Gasteiger partial charge is 0.472 e. The molecule has 1 N–H and O–H groups in total. The Kier molecular flexibility index (Phi) is 4.44. The lowest BCUT2D eigenvalue weighted by atomic mass is 10.1. The fraction of sp³-hybridized carbons (Fsp3) is 0.389. The second-order valence-corrected chi connectivity index (χ2v) is 6.76. The van der Waals surface area contributed by atoms with Crippen LogP contribution in [0.2, 0.25) is 5.02 Å². The Balaban J connectivity index is 1.45. The molecule has 0 radical (unpaired) electrons. The molecule has 0 saturated carbocycles. The number of nitrogens with one attached hydrogen (secondary N) is 1. The van der Waals surface area contributed by atoms with Crippen molar-refractivity contribution in [3.63, 3.8) is 0 Å². The molecule has 6 nitrogen and oxygen atoms in total. The maximum absolute atomic E-state index is 11.6. The van der Waals surface area contributed by atoms with Crippen LogP contribution < -0.4 is 15.2 Å². The van der Waals surface area contributed by atoms with Gasteiger partial charge in [-0.1, -0.05) is 17.7 Å². The minimum absolute atomic E-state index is 0.00987. The maximum Gasteiger partial charge on any atom is 0.285 e. The van der Waals surface area contributed by atoms with E-state index in [0.29, 0.717) is 18.1 Å². The number of rotatable bonds is 4. The normalized spacial score (nSPS) is 20.0. The van der Waals surface area contributed by atoms with Gasteiger partial charge in [0.05, 0.1) is 18.4 Å². The van der Waals surface area contributed by atoms with E-state index in [2.05, 4.69) is 21.3 Å². The van der Waals surface area contributed by atoms with Crippen LogP contribution in [0.3, 0.4) is 0 Å². The molecule has 0 aromatic carbocycles. The highest BCUT2D eigenvalue weighted by atomic mass is 35.5. The predicted molar refractivity (Wildman–Crippen MR) is 97.2 cm³/mol. The van der Waals surface area contributed by atoms with Crippen LogP contribution in [-0.2, 0) is 0 Å². The Hall–Kier alpha value is -2.34. The van der Waals surface area contributed by atoms with Crippen LogP contribution in [0.25, 0.3) is 5.57 Å². The molecule has 0 unspecified atom stereocenters. The van der Waals surface area contributed by atoms with Gasteiger partial charge in [-0.3, -0.25) is 4.79 Å². The van der Waals surface area contributed by atoms with Gasteiger partial charge < -0.3 is 9.64 Å². The molecule has 2 aromatic rings. The van der Waals surface area contributed by atoms with E-state index in [1.54, 1.807) is 12.4 Å². The number of allylic oxidation sites excluding steroid dienone is 2. The minimum Gasteiger partial charge on any atom is -0.472 e. The van der Waals surface area contributed by atoms with Gasteiger partial charge in [0.2, 0.25) is 5.88 Å². The Labute approximate surface area is 150 Å². The lowest BCUT2D eigenvalue weighted by Gasteiger charge is -2.19. The number of H-pyrrole nitrogens is 1. The molecule has 0 spiro atoms. The van der Waals surface area contributed by atoms with Gasteiger partial charge >= 0.3 is 0 Å². The highest BCUT2D eigenvalue weighted by Crippen LogP contribution is 2.30. The summed E-state index contributed by atoms with van der Waals surface area (Å²) in [6, 6.07) is 4.05. The van der Waals surface area contributed by atoms with Gasteiger partial charge in [-0.25, -0.2) is 10.1 Å². The molecular weight excluding hydrogens is 340 g/mol. The third-order valence-electron chi connectivity index (χ3n) is 4.70. The van der Waals surface area contributed by atoms with Gasteiger partial charge in [-0.05, 0) is 36.5 Å². The summed E-state index contributed by atoms with van der Waals surface area (Å²) in [5.74, 6) is 0.646. The van der Waals surface area contributed by atoms with Crippen LogP contribution in [0.1, 0.15) is 31.2 Å². The van der Waals surface area contributed by atoms with Crippen molar-refractivity contribution in [3.8, 4) is 5.88 Å². The molecule has 1 saturated heterocycles. The van der Waals surface area contributed by atoms with Crippen LogP contribution in [0.15, 0.2) is 35.4 Å². The number of aromatic amines is 1. The third kappa shape index (κ3) is 3.39. The molecule has 0 bridgehead atoms. The maximum atomic E-state index is 11.6. The summed E-state index contributed by atoms with van der Waals surface area (Å²) in [5, 5.41) is 6.34. The Morgan fingerprint density at radius 2 is 2.32 bits per heavy atom. The summed E-state index contributed by atoms with van der Waals surface area (Å²) in [5.41, 5.74) is 2.85. The molecule has 130 valence electrons. The summed E-state index contributed by atoms with van der Waals surface area (Å²) >= 11 is 6.09. The van der Waals surface area contributed by atoms with E-state index in [0.717, 1.165) is 25.8 Å². The topological polar surface area (TPSA) is 71.1 Å². The lowest BCUT2D eigenvalue weighted by molar-refractivity contribution is 0.216. The standard InChI is InChI=1S/C18H19ClN4O2/c19-17-15(10-21-22-18(17)24)23-8-6-14(11-23)25-16-9-13(5-7-20-16)12-3-1-2-4-12/h3,5,7,9-10,14H,1-2,4,6,8,11H2,(H,22,24)/t14-/m1/s1. The number of ether oxygens (including phenoxy) is 1. The fourth-order valence-corrected chi connectivity index (χ4v) is 3.63. The van der Waals surface area contributed by atoms with Crippen molar-refractivity contribution >= 4 is 22.9 Å². The molecular formula is C18H19ClN4O2. The number of hydrogen-bond acceptors (Lipinski definition) is 5. The Morgan fingerprint density at radius 3 is 3.16 bits per heavy atom. The number of halogens is 1. The minimum atomic E-state index is -0.372. The van der Waals surface area contributed by atoms with Crippen molar-refractivity contribution < 1.29 is 4.74 Å². The second-order valence-electron chi connectivity index (χ2n) is 6.38. The van der Waals surface area contributed by atoms with Crippen molar-refractivity contribution in [2.75, 3.05) is 18.0 Å². The molecule has 25 heavy (non-hydrogen) atoms. The second kappa shape index (κ2) is 6.88. The highest BCUT2D eigenvalue weighted by molar-refractivity contribution is 6.33. The molecule has 1 aliphatic carbocycles. The first-order valence-corrected chi connectivity index (χ1v) is 8.89. The molecule has 0 amide bonds. The summed E-state index contributed by atoms with van der Waals surface area (Å²) < 4.78 is 6.07. The van der Waals surface area contributed by atoms with E-state index >= 15 is 0 Å². The number of aromatic nitrogens is 3. The molecule has 1 fully saturated rings. The van der Waals surface area contributed by atoms with Crippen molar-refractivity contribution in [1.82, 2.24) is 15.2 Å². The monoisotopic (exact) mass is 358 g/mol. The number of hydrogen-bond donors (Lipinski definition) is 1. The molecule has 2 aliphatic rings. The van der Waals surface area contributed by atoms with Crippen molar-refractivity contribution in [2.24, 2.45) is 0 Å². The quantitative estimate of drug-likeness (QED) is 0.909. The molecule has 7 heteroatoms. The van der Waals surface area contributed by atoms with E-state index in [9.17, 15) is 4.79 Å². The van der Waals surface area contributed by atoms with Gasteiger partial charge in [0.1, 0.15) is 11.1 Å². The molecule has 4 rings (SSSR count). The predicted octanol–water partition coefficient (Wildman–Crippen LogP) is 3.04. The molecule has 1 aliphatic heterocycles. The van der Waals surface area contributed by atoms with Crippen LogP contribution in [0, 0.1) is 0 Å².